The minimum absolute atomic E-state index is 0.409. The third-order valence-electron chi connectivity index (χ3n) is 2.24. The second-order valence-corrected chi connectivity index (χ2v) is 3.62. The van der Waals surface area contributed by atoms with Crippen molar-refractivity contribution in [3.8, 4) is 0 Å². The van der Waals surface area contributed by atoms with E-state index in [1.54, 1.807) is 0 Å². The fourth-order valence-electron chi connectivity index (χ4n) is 1.43. The molecule has 2 heteroatoms. The van der Waals surface area contributed by atoms with Gasteiger partial charge in [-0.1, -0.05) is 26.7 Å². The maximum absolute atomic E-state index is 5.61. The maximum atomic E-state index is 5.61. The molecule has 0 N–H and O–H groups in total. The largest absolute Gasteiger partial charge is 0.381 e. The van der Waals surface area contributed by atoms with Crippen molar-refractivity contribution >= 4 is 0 Å². The van der Waals surface area contributed by atoms with E-state index >= 15 is 0 Å². The average Bonchev–Trinajstić information content (AvgIpc) is 2.18. The monoisotopic (exact) mass is 202 g/mol. The van der Waals surface area contributed by atoms with Crippen LogP contribution in [0.2, 0.25) is 0 Å². The lowest BCUT2D eigenvalue weighted by molar-refractivity contribution is 0.0223. The van der Waals surface area contributed by atoms with Crippen LogP contribution in [0.5, 0.6) is 0 Å². The summed E-state index contributed by atoms with van der Waals surface area (Å²) >= 11 is 0. The first kappa shape index (κ1) is 13.9. The normalized spacial score (nSPS) is 13.1. The molecule has 2 nitrogen and oxygen atoms in total. The summed E-state index contributed by atoms with van der Waals surface area (Å²) in [6, 6.07) is 0. The van der Waals surface area contributed by atoms with Crippen LogP contribution in [-0.2, 0) is 9.47 Å². The molecule has 0 aromatic rings. The molecule has 0 aromatic heterocycles. The van der Waals surface area contributed by atoms with Gasteiger partial charge >= 0.3 is 0 Å². The van der Waals surface area contributed by atoms with Gasteiger partial charge in [0.2, 0.25) is 0 Å². The summed E-state index contributed by atoms with van der Waals surface area (Å²) < 4.78 is 11.1. The van der Waals surface area contributed by atoms with E-state index in [2.05, 4.69) is 20.8 Å². The Morgan fingerprint density at radius 2 is 1.71 bits per heavy atom. The lowest BCUT2D eigenvalue weighted by atomic mass is 10.1. The van der Waals surface area contributed by atoms with Crippen LogP contribution in [0.3, 0.4) is 0 Å². The summed E-state index contributed by atoms with van der Waals surface area (Å²) in [6.07, 6.45) is 6.19. The van der Waals surface area contributed by atoms with Crippen molar-refractivity contribution in [2.24, 2.45) is 0 Å². The molecule has 0 aliphatic carbocycles. The number of hydrogen-bond donors (Lipinski definition) is 0. The predicted octanol–water partition coefficient (Wildman–Crippen LogP) is 3.40. The van der Waals surface area contributed by atoms with Crippen molar-refractivity contribution in [1.29, 1.82) is 0 Å². The Hall–Kier alpha value is -0.0800. The van der Waals surface area contributed by atoms with E-state index in [0.29, 0.717) is 6.10 Å². The van der Waals surface area contributed by atoms with Crippen LogP contribution in [0, 0.1) is 0 Å². The Balaban J connectivity index is 3.30. The zero-order chi connectivity index (χ0) is 10.6. The standard InChI is InChI=1S/C12H26O2/c1-4-7-10-13-11-9-12(8-5-2)14-6-3/h12H,4-11H2,1-3H3. The van der Waals surface area contributed by atoms with Crippen molar-refractivity contribution in [1.82, 2.24) is 0 Å². The van der Waals surface area contributed by atoms with Gasteiger partial charge in [0.1, 0.15) is 0 Å². The first-order chi connectivity index (χ1) is 6.85. The molecule has 0 saturated carbocycles. The Kier molecular flexibility index (Phi) is 10.9. The van der Waals surface area contributed by atoms with Gasteiger partial charge in [0.15, 0.2) is 0 Å². The van der Waals surface area contributed by atoms with E-state index < -0.39 is 0 Å². The van der Waals surface area contributed by atoms with Gasteiger partial charge in [-0.05, 0) is 26.2 Å². The van der Waals surface area contributed by atoms with Crippen molar-refractivity contribution in [3.63, 3.8) is 0 Å². The van der Waals surface area contributed by atoms with Crippen LogP contribution in [0.4, 0.5) is 0 Å². The molecule has 0 aromatic carbocycles. The first-order valence-electron chi connectivity index (χ1n) is 6.04. The second-order valence-electron chi connectivity index (χ2n) is 3.62. The van der Waals surface area contributed by atoms with Gasteiger partial charge < -0.3 is 9.47 Å². The highest BCUT2D eigenvalue weighted by atomic mass is 16.5. The minimum Gasteiger partial charge on any atom is -0.381 e. The number of unbranched alkanes of at least 4 members (excludes halogenated alkanes) is 1. The molecular formula is C12H26O2. The number of hydrogen-bond acceptors (Lipinski definition) is 2. The van der Waals surface area contributed by atoms with Gasteiger partial charge in [-0.2, -0.15) is 0 Å². The smallest absolute Gasteiger partial charge is 0.0596 e. The molecule has 1 atom stereocenters. The molecule has 86 valence electrons. The molecule has 0 saturated heterocycles. The van der Waals surface area contributed by atoms with Gasteiger partial charge in [-0.25, -0.2) is 0 Å². The van der Waals surface area contributed by atoms with Crippen LogP contribution in [0.25, 0.3) is 0 Å². The molecular weight excluding hydrogens is 176 g/mol. The molecule has 0 aliphatic rings. The highest BCUT2D eigenvalue weighted by Crippen LogP contribution is 2.07. The maximum Gasteiger partial charge on any atom is 0.0596 e. The summed E-state index contributed by atoms with van der Waals surface area (Å²) in [6.45, 7) is 9.01. The highest BCUT2D eigenvalue weighted by molar-refractivity contribution is 4.56. The number of ether oxygens (including phenoxy) is 2. The summed E-state index contributed by atoms with van der Waals surface area (Å²) in [5, 5.41) is 0. The van der Waals surface area contributed by atoms with Crippen molar-refractivity contribution in [3.05, 3.63) is 0 Å². The fourth-order valence-corrected chi connectivity index (χ4v) is 1.43. The molecule has 0 fully saturated rings. The van der Waals surface area contributed by atoms with E-state index in [0.717, 1.165) is 32.7 Å². The minimum atomic E-state index is 0.409. The molecule has 0 radical (unpaired) electrons. The fraction of sp³-hybridized carbons (Fsp3) is 1.00. The highest BCUT2D eigenvalue weighted by Gasteiger charge is 2.06. The Labute approximate surface area is 89.0 Å². The van der Waals surface area contributed by atoms with Crippen LogP contribution in [0.15, 0.2) is 0 Å². The van der Waals surface area contributed by atoms with Crippen molar-refractivity contribution in [2.45, 2.75) is 59.0 Å². The molecule has 0 rings (SSSR count). The Morgan fingerprint density at radius 1 is 0.929 bits per heavy atom. The third kappa shape index (κ3) is 8.52. The summed E-state index contributed by atoms with van der Waals surface area (Å²) in [5.41, 5.74) is 0. The van der Waals surface area contributed by atoms with Crippen LogP contribution < -0.4 is 0 Å². The SMILES string of the molecule is CCCCOCCC(CCC)OCC. The molecule has 0 bridgehead atoms. The van der Waals surface area contributed by atoms with E-state index in [-0.39, 0.29) is 0 Å². The first-order valence-corrected chi connectivity index (χ1v) is 6.04. The van der Waals surface area contributed by atoms with Gasteiger partial charge in [0.25, 0.3) is 0 Å². The van der Waals surface area contributed by atoms with E-state index in [1.165, 1.54) is 19.3 Å². The molecule has 0 heterocycles. The molecule has 1 unspecified atom stereocenters. The van der Waals surface area contributed by atoms with Crippen molar-refractivity contribution in [2.75, 3.05) is 19.8 Å². The van der Waals surface area contributed by atoms with Gasteiger partial charge in [0, 0.05) is 19.8 Å². The Bertz CT molecular complexity index is 98.5. The second kappa shape index (κ2) is 11.0. The lowest BCUT2D eigenvalue weighted by Gasteiger charge is -2.15. The zero-order valence-electron chi connectivity index (χ0n) is 10.1. The molecule has 0 amide bonds. The van der Waals surface area contributed by atoms with Crippen LogP contribution in [0.1, 0.15) is 52.9 Å². The molecule has 14 heavy (non-hydrogen) atoms. The van der Waals surface area contributed by atoms with Gasteiger partial charge in [-0.15, -0.1) is 0 Å². The topological polar surface area (TPSA) is 18.5 Å². The summed E-state index contributed by atoms with van der Waals surface area (Å²) in [5.74, 6) is 0. The lowest BCUT2D eigenvalue weighted by Crippen LogP contribution is -2.15. The molecule has 0 aliphatic heterocycles. The quantitative estimate of drug-likeness (QED) is 0.505. The third-order valence-corrected chi connectivity index (χ3v) is 2.24. The van der Waals surface area contributed by atoms with Gasteiger partial charge in [0.05, 0.1) is 6.10 Å². The predicted molar refractivity (Wildman–Crippen MR) is 60.7 cm³/mol. The summed E-state index contributed by atoms with van der Waals surface area (Å²) in [4.78, 5) is 0. The van der Waals surface area contributed by atoms with E-state index in [4.69, 9.17) is 9.47 Å². The summed E-state index contributed by atoms with van der Waals surface area (Å²) in [7, 11) is 0. The number of rotatable bonds is 10. The zero-order valence-corrected chi connectivity index (χ0v) is 10.1. The van der Waals surface area contributed by atoms with Crippen molar-refractivity contribution < 1.29 is 9.47 Å². The van der Waals surface area contributed by atoms with Gasteiger partial charge in [-0.3, -0.25) is 0 Å². The Morgan fingerprint density at radius 3 is 2.29 bits per heavy atom. The van der Waals surface area contributed by atoms with Crippen LogP contribution >= 0.6 is 0 Å². The van der Waals surface area contributed by atoms with E-state index in [1.807, 2.05) is 0 Å². The molecule has 0 spiro atoms. The average molecular weight is 202 g/mol. The van der Waals surface area contributed by atoms with E-state index in [9.17, 15) is 0 Å². The van der Waals surface area contributed by atoms with Crippen LogP contribution in [-0.4, -0.2) is 25.9 Å².